The first-order valence-electron chi connectivity index (χ1n) is 5.58. The van der Waals surface area contributed by atoms with Gasteiger partial charge in [0.25, 0.3) is 0 Å². The Hall–Kier alpha value is -2.53. The molecule has 1 N–H and O–H groups in total. The van der Waals surface area contributed by atoms with Gasteiger partial charge in [-0.2, -0.15) is 0 Å². The predicted octanol–water partition coefficient (Wildman–Crippen LogP) is 3.09. The van der Waals surface area contributed by atoms with Gasteiger partial charge in [0.15, 0.2) is 0 Å². The van der Waals surface area contributed by atoms with Crippen molar-refractivity contribution in [3.8, 4) is 11.8 Å². The van der Waals surface area contributed by atoms with Crippen LogP contribution in [-0.4, -0.2) is 11.1 Å². The maximum absolute atomic E-state index is 10.9. The SMILES string of the molecule is Cc1ccc(C(=O)O)cc1C#Cc1ccccc1. The summed E-state index contributed by atoms with van der Waals surface area (Å²) in [6.45, 7) is 1.92. The van der Waals surface area contributed by atoms with Gasteiger partial charge < -0.3 is 5.11 Å². The number of carbonyl (C=O) groups is 1. The quantitative estimate of drug-likeness (QED) is 0.772. The topological polar surface area (TPSA) is 37.3 Å². The predicted molar refractivity (Wildman–Crippen MR) is 70.6 cm³/mol. The molecule has 0 saturated carbocycles. The molecule has 0 amide bonds. The lowest BCUT2D eigenvalue weighted by atomic mass is 10.0. The van der Waals surface area contributed by atoms with E-state index in [0.717, 1.165) is 16.7 Å². The molecule has 2 aromatic carbocycles. The van der Waals surface area contributed by atoms with E-state index in [4.69, 9.17) is 5.11 Å². The Labute approximate surface area is 106 Å². The summed E-state index contributed by atoms with van der Waals surface area (Å²) in [6, 6.07) is 14.6. The maximum atomic E-state index is 10.9. The van der Waals surface area contributed by atoms with Gasteiger partial charge in [-0.3, -0.25) is 0 Å². The second-order valence-electron chi connectivity index (χ2n) is 3.95. The largest absolute Gasteiger partial charge is 0.478 e. The van der Waals surface area contributed by atoms with Crippen molar-refractivity contribution in [2.24, 2.45) is 0 Å². The Kier molecular flexibility index (Phi) is 3.45. The zero-order valence-corrected chi connectivity index (χ0v) is 9.97. The number of carboxylic acids is 1. The number of benzene rings is 2. The molecule has 2 nitrogen and oxygen atoms in total. The van der Waals surface area contributed by atoms with Crippen molar-refractivity contribution in [1.29, 1.82) is 0 Å². The zero-order valence-electron chi connectivity index (χ0n) is 9.97. The summed E-state index contributed by atoms with van der Waals surface area (Å²) in [7, 11) is 0. The Bertz CT molecular complexity index is 631. The van der Waals surface area contributed by atoms with E-state index in [1.807, 2.05) is 37.3 Å². The minimum atomic E-state index is -0.933. The molecule has 0 aliphatic rings. The van der Waals surface area contributed by atoms with Crippen LogP contribution in [0.2, 0.25) is 0 Å². The number of carboxylic acid groups (broad SMARTS) is 1. The molecule has 0 bridgehead atoms. The average Bonchev–Trinajstić information content (AvgIpc) is 2.38. The smallest absolute Gasteiger partial charge is 0.335 e. The van der Waals surface area contributed by atoms with Crippen LogP contribution >= 0.6 is 0 Å². The summed E-state index contributed by atoms with van der Waals surface area (Å²) in [5, 5.41) is 8.94. The normalized spacial score (nSPS) is 9.39. The highest BCUT2D eigenvalue weighted by Gasteiger charge is 2.04. The molecule has 18 heavy (non-hydrogen) atoms. The molecule has 0 aliphatic carbocycles. The fraction of sp³-hybridized carbons (Fsp3) is 0.0625. The third-order valence-electron chi connectivity index (χ3n) is 2.60. The molecule has 88 valence electrons. The van der Waals surface area contributed by atoms with Crippen LogP contribution in [0.25, 0.3) is 0 Å². The van der Waals surface area contributed by atoms with Crippen LogP contribution in [-0.2, 0) is 0 Å². The zero-order chi connectivity index (χ0) is 13.0. The molecule has 0 radical (unpaired) electrons. The third kappa shape index (κ3) is 2.78. The number of rotatable bonds is 1. The van der Waals surface area contributed by atoms with E-state index >= 15 is 0 Å². The molecule has 0 aliphatic heterocycles. The molecular formula is C16H12O2. The van der Waals surface area contributed by atoms with Crippen LogP contribution in [0.3, 0.4) is 0 Å². The van der Waals surface area contributed by atoms with Crippen molar-refractivity contribution in [1.82, 2.24) is 0 Å². The number of aromatic carboxylic acids is 1. The van der Waals surface area contributed by atoms with Crippen molar-refractivity contribution < 1.29 is 9.90 Å². The fourth-order valence-corrected chi connectivity index (χ4v) is 1.55. The van der Waals surface area contributed by atoms with E-state index < -0.39 is 5.97 Å². The Morgan fingerprint density at radius 2 is 1.78 bits per heavy atom. The molecule has 0 unspecified atom stereocenters. The molecule has 0 fully saturated rings. The van der Waals surface area contributed by atoms with Crippen LogP contribution in [0.5, 0.6) is 0 Å². The first-order chi connectivity index (χ1) is 8.66. The van der Waals surface area contributed by atoms with Gasteiger partial charge in [-0.15, -0.1) is 0 Å². The van der Waals surface area contributed by atoms with Gasteiger partial charge in [-0.25, -0.2) is 4.79 Å². The first-order valence-corrected chi connectivity index (χ1v) is 5.58. The summed E-state index contributed by atoms with van der Waals surface area (Å²) >= 11 is 0. The number of aryl methyl sites for hydroxylation is 1. The fourth-order valence-electron chi connectivity index (χ4n) is 1.55. The van der Waals surface area contributed by atoms with Gasteiger partial charge in [0.1, 0.15) is 0 Å². The molecule has 0 atom stereocenters. The van der Waals surface area contributed by atoms with Crippen LogP contribution in [0, 0.1) is 18.8 Å². The van der Waals surface area contributed by atoms with Crippen molar-refractivity contribution in [3.63, 3.8) is 0 Å². The lowest BCUT2D eigenvalue weighted by molar-refractivity contribution is 0.0697. The monoisotopic (exact) mass is 236 g/mol. The van der Waals surface area contributed by atoms with E-state index in [9.17, 15) is 4.79 Å². The van der Waals surface area contributed by atoms with Crippen molar-refractivity contribution in [2.75, 3.05) is 0 Å². The third-order valence-corrected chi connectivity index (χ3v) is 2.60. The summed E-state index contributed by atoms with van der Waals surface area (Å²) < 4.78 is 0. The Morgan fingerprint density at radius 3 is 2.44 bits per heavy atom. The van der Waals surface area contributed by atoms with Crippen LogP contribution in [0.4, 0.5) is 0 Å². The molecular weight excluding hydrogens is 224 g/mol. The highest BCUT2D eigenvalue weighted by atomic mass is 16.4. The van der Waals surface area contributed by atoms with Crippen LogP contribution < -0.4 is 0 Å². The van der Waals surface area contributed by atoms with Gasteiger partial charge in [-0.05, 0) is 36.8 Å². The molecule has 0 heterocycles. The molecule has 2 heteroatoms. The summed E-state index contributed by atoms with van der Waals surface area (Å²) in [5.41, 5.74) is 2.90. The second kappa shape index (κ2) is 5.20. The van der Waals surface area contributed by atoms with Gasteiger partial charge >= 0.3 is 5.97 Å². The molecule has 2 aromatic rings. The highest BCUT2D eigenvalue weighted by Crippen LogP contribution is 2.10. The first kappa shape index (κ1) is 11.9. The minimum absolute atomic E-state index is 0.262. The van der Waals surface area contributed by atoms with Crippen molar-refractivity contribution in [3.05, 3.63) is 70.8 Å². The van der Waals surface area contributed by atoms with E-state index in [1.165, 1.54) is 0 Å². The van der Waals surface area contributed by atoms with Gasteiger partial charge in [-0.1, -0.05) is 36.1 Å². The van der Waals surface area contributed by atoms with Gasteiger partial charge in [0.2, 0.25) is 0 Å². The van der Waals surface area contributed by atoms with Crippen LogP contribution in [0.1, 0.15) is 27.0 Å². The number of hydrogen-bond acceptors (Lipinski definition) is 1. The van der Waals surface area contributed by atoms with Gasteiger partial charge in [0.05, 0.1) is 5.56 Å². The van der Waals surface area contributed by atoms with E-state index in [0.29, 0.717) is 0 Å². The molecule has 0 saturated heterocycles. The van der Waals surface area contributed by atoms with Crippen molar-refractivity contribution >= 4 is 5.97 Å². The van der Waals surface area contributed by atoms with E-state index in [2.05, 4.69) is 11.8 Å². The molecule has 0 aromatic heterocycles. The number of hydrogen-bond donors (Lipinski definition) is 1. The van der Waals surface area contributed by atoms with E-state index in [1.54, 1.807) is 18.2 Å². The maximum Gasteiger partial charge on any atom is 0.335 e. The standard InChI is InChI=1S/C16H12O2/c1-12-7-9-15(16(17)18)11-14(12)10-8-13-5-3-2-4-6-13/h2-7,9,11H,1H3,(H,17,18). The highest BCUT2D eigenvalue weighted by molar-refractivity contribution is 5.88. The average molecular weight is 236 g/mol. The molecule has 0 spiro atoms. The van der Waals surface area contributed by atoms with E-state index in [-0.39, 0.29) is 5.56 Å². The second-order valence-corrected chi connectivity index (χ2v) is 3.95. The summed E-state index contributed by atoms with van der Waals surface area (Å²) in [4.78, 5) is 10.9. The lowest BCUT2D eigenvalue weighted by Gasteiger charge is -1.99. The lowest BCUT2D eigenvalue weighted by Crippen LogP contribution is -1.97. The molecule has 2 rings (SSSR count). The van der Waals surface area contributed by atoms with Crippen LogP contribution in [0.15, 0.2) is 48.5 Å². The Balaban J connectivity index is 2.38. The summed E-state index contributed by atoms with van der Waals surface area (Å²) in [6.07, 6.45) is 0. The van der Waals surface area contributed by atoms with Gasteiger partial charge in [0, 0.05) is 11.1 Å². The summed E-state index contributed by atoms with van der Waals surface area (Å²) in [5.74, 6) is 5.10. The minimum Gasteiger partial charge on any atom is -0.478 e. The Morgan fingerprint density at radius 1 is 1.06 bits per heavy atom. The van der Waals surface area contributed by atoms with Crippen molar-refractivity contribution in [2.45, 2.75) is 6.92 Å².